The molecule has 2 heteroatoms. The fourth-order valence-electron chi connectivity index (χ4n) is 3.60. The zero-order chi connectivity index (χ0) is 11.7. The predicted octanol–water partition coefficient (Wildman–Crippen LogP) is 3.77. The third-order valence-electron chi connectivity index (χ3n) is 4.62. The van der Waals surface area contributed by atoms with Gasteiger partial charge in [0, 0.05) is 23.0 Å². The quantitative estimate of drug-likeness (QED) is 0.894. The van der Waals surface area contributed by atoms with E-state index in [4.69, 9.17) is 0 Å². The molecule has 2 fully saturated rings. The summed E-state index contributed by atoms with van der Waals surface area (Å²) in [5.74, 6) is 0.961. The van der Waals surface area contributed by atoms with Crippen LogP contribution in [0.4, 0.5) is 0 Å². The van der Waals surface area contributed by atoms with Gasteiger partial charge in [-0.05, 0) is 42.9 Å². The molecule has 1 aromatic carbocycles. The highest BCUT2D eigenvalue weighted by molar-refractivity contribution is 9.10. The molecule has 1 saturated carbocycles. The molecule has 17 heavy (non-hydrogen) atoms. The lowest BCUT2D eigenvalue weighted by atomic mass is 9.66. The molecule has 0 bridgehead atoms. The standard InChI is InChI=1S/C15H20BrN/c16-14-7-3-4-12(8-14)9-15(10-17-11-15)13-5-1-2-6-13/h3-4,7-8,13,17H,1-2,5-6,9-11H2. The Bertz CT molecular complexity index is 392. The van der Waals surface area contributed by atoms with Crippen LogP contribution >= 0.6 is 15.9 Å². The number of nitrogens with one attached hydrogen (secondary N) is 1. The topological polar surface area (TPSA) is 12.0 Å². The van der Waals surface area contributed by atoms with E-state index in [1.165, 1.54) is 55.2 Å². The predicted molar refractivity (Wildman–Crippen MR) is 75.1 cm³/mol. The molecule has 0 atom stereocenters. The minimum Gasteiger partial charge on any atom is -0.315 e. The van der Waals surface area contributed by atoms with Gasteiger partial charge < -0.3 is 5.32 Å². The SMILES string of the molecule is Brc1cccc(CC2(C3CCCC3)CNC2)c1. The van der Waals surface area contributed by atoms with E-state index in [-0.39, 0.29) is 0 Å². The third kappa shape index (κ3) is 2.30. The van der Waals surface area contributed by atoms with Crippen LogP contribution in [0.1, 0.15) is 31.2 Å². The van der Waals surface area contributed by atoms with Gasteiger partial charge >= 0.3 is 0 Å². The zero-order valence-corrected chi connectivity index (χ0v) is 11.8. The van der Waals surface area contributed by atoms with Gasteiger partial charge in [0.1, 0.15) is 0 Å². The third-order valence-corrected chi connectivity index (χ3v) is 5.11. The lowest BCUT2D eigenvalue weighted by molar-refractivity contribution is 0.0812. The summed E-state index contributed by atoms with van der Waals surface area (Å²) < 4.78 is 1.21. The van der Waals surface area contributed by atoms with Crippen molar-refractivity contribution < 1.29 is 0 Å². The van der Waals surface area contributed by atoms with Crippen LogP contribution in [0.3, 0.4) is 0 Å². The lowest BCUT2D eigenvalue weighted by Gasteiger charge is -2.48. The van der Waals surface area contributed by atoms with Crippen LogP contribution in [0.2, 0.25) is 0 Å². The van der Waals surface area contributed by atoms with Crippen molar-refractivity contribution >= 4 is 15.9 Å². The second-order valence-corrected chi connectivity index (χ2v) is 6.67. The van der Waals surface area contributed by atoms with Crippen molar-refractivity contribution in [2.45, 2.75) is 32.1 Å². The maximum Gasteiger partial charge on any atom is 0.0177 e. The normalized spacial score (nSPS) is 23.6. The van der Waals surface area contributed by atoms with Crippen LogP contribution in [-0.4, -0.2) is 13.1 Å². The molecule has 0 aromatic heterocycles. The van der Waals surface area contributed by atoms with E-state index in [0.717, 1.165) is 5.92 Å². The van der Waals surface area contributed by atoms with Gasteiger partial charge in [-0.3, -0.25) is 0 Å². The monoisotopic (exact) mass is 293 g/mol. The number of halogens is 1. The van der Waals surface area contributed by atoms with Crippen molar-refractivity contribution in [1.82, 2.24) is 5.32 Å². The molecule has 0 radical (unpaired) electrons. The second-order valence-electron chi connectivity index (χ2n) is 5.75. The summed E-state index contributed by atoms with van der Waals surface area (Å²) in [6.07, 6.45) is 7.06. The molecule has 0 spiro atoms. The lowest BCUT2D eigenvalue weighted by Crippen LogP contribution is -2.58. The number of hydrogen-bond acceptors (Lipinski definition) is 1. The smallest absolute Gasteiger partial charge is 0.0177 e. The number of rotatable bonds is 3. The van der Waals surface area contributed by atoms with E-state index in [1.54, 1.807) is 0 Å². The summed E-state index contributed by atoms with van der Waals surface area (Å²) in [4.78, 5) is 0. The Morgan fingerprint density at radius 1 is 1.24 bits per heavy atom. The van der Waals surface area contributed by atoms with E-state index in [2.05, 4.69) is 45.5 Å². The van der Waals surface area contributed by atoms with Gasteiger partial charge in [-0.25, -0.2) is 0 Å². The Balaban J connectivity index is 1.77. The first-order chi connectivity index (χ1) is 8.28. The highest BCUT2D eigenvalue weighted by atomic mass is 79.9. The van der Waals surface area contributed by atoms with Crippen molar-refractivity contribution in [3.05, 3.63) is 34.3 Å². The van der Waals surface area contributed by atoms with Crippen molar-refractivity contribution in [3.63, 3.8) is 0 Å². The van der Waals surface area contributed by atoms with Crippen LogP contribution in [0.5, 0.6) is 0 Å². The zero-order valence-electron chi connectivity index (χ0n) is 10.2. The summed E-state index contributed by atoms with van der Waals surface area (Å²) >= 11 is 3.58. The van der Waals surface area contributed by atoms with E-state index in [0.29, 0.717) is 5.41 Å². The molecule has 1 saturated heterocycles. The summed E-state index contributed by atoms with van der Waals surface area (Å²) in [5, 5.41) is 3.50. The van der Waals surface area contributed by atoms with Crippen molar-refractivity contribution in [1.29, 1.82) is 0 Å². The van der Waals surface area contributed by atoms with Crippen molar-refractivity contribution in [2.24, 2.45) is 11.3 Å². The van der Waals surface area contributed by atoms with Gasteiger partial charge in [0.15, 0.2) is 0 Å². The van der Waals surface area contributed by atoms with E-state index < -0.39 is 0 Å². The van der Waals surface area contributed by atoms with E-state index in [9.17, 15) is 0 Å². The summed E-state index contributed by atoms with van der Waals surface area (Å²) in [6, 6.07) is 8.84. The minimum absolute atomic E-state index is 0.567. The van der Waals surface area contributed by atoms with Crippen molar-refractivity contribution in [3.8, 4) is 0 Å². The van der Waals surface area contributed by atoms with Crippen LogP contribution in [-0.2, 0) is 6.42 Å². The van der Waals surface area contributed by atoms with E-state index in [1.807, 2.05) is 0 Å². The Hall–Kier alpha value is -0.340. The molecule has 1 nitrogen and oxygen atoms in total. The van der Waals surface area contributed by atoms with Crippen LogP contribution < -0.4 is 5.32 Å². The Kier molecular flexibility index (Phi) is 3.27. The molecule has 3 rings (SSSR count). The van der Waals surface area contributed by atoms with E-state index >= 15 is 0 Å². The minimum atomic E-state index is 0.567. The molecule has 2 aliphatic rings. The number of hydrogen-bond donors (Lipinski definition) is 1. The van der Waals surface area contributed by atoms with Gasteiger partial charge in [0.25, 0.3) is 0 Å². The largest absolute Gasteiger partial charge is 0.315 e. The van der Waals surface area contributed by atoms with Gasteiger partial charge in [0.05, 0.1) is 0 Å². The van der Waals surface area contributed by atoms with Crippen molar-refractivity contribution in [2.75, 3.05) is 13.1 Å². The highest BCUT2D eigenvalue weighted by Gasteiger charge is 2.44. The van der Waals surface area contributed by atoms with Crippen LogP contribution in [0.15, 0.2) is 28.7 Å². The summed E-state index contributed by atoms with van der Waals surface area (Å²) in [5.41, 5.74) is 2.06. The van der Waals surface area contributed by atoms with Gasteiger partial charge in [-0.15, -0.1) is 0 Å². The molecule has 1 aromatic rings. The first-order valence-corrected chi connectivity index (χ1v) is 7.53. The average Bonchev–Trinajstić information content (AvgIpc) is 2.77. The second kappa shape index (κ2) is 4.74. The first-order valence-electron chi connectivity index (χ1n) is 6.74. The first kappa shape index (κ1) is 11.7. The Morgan fingerprint density at radius 2 is 2.00 bits per heavy atom. The summed E-state index contributed by atoms with van der Waals surface area (Å²) in [7, 11) is 0. The fourth-order valence-corrected chi connectivity index (χ4v) is 4.04. The Labute approximate surface area is 112 Å². The van der Waals surface area contributed by atoms with Crippen LogP contribution in [0.25, 0.3) is 0 Å². The van der Waals surface area contributed by atoms with Crippen LogP contribution in [0, 0.1) is 11.3 Å². The number of benzene rings is 1. The highest BCUT2D eigenvalue weighted by Crippen LogP contribution is 2.44. The van der Waals surface area contributed by atoms with Gasteiger partial charge in [0.2, 0.25) is 0 Å². The molecular weight excluding hydrogens is 274 g/mol. The molecule has 1 N–H and O–H groups in total. The maximum absolute atomic E-state index is 3.58. The molecule has 1 heterocycles. The molecule has 0 amide bonds. The summed E-state index contributed by atoms with van der Waals surface area (Å²) in [6.45, 7) is 2.45. The maximum atomic E-state index is 3.58. The van der Waals surface area contributed by atoms with Gasteiger partial charge in [-0.2, -0.15) is 0 Å². The molecular formula is C15H20BrN. The molecule has 1 aliphatic carbocycles. The molecule has 1 aliphatic heterocycles. The molecule has 0 unspecified atom stereocenters. The average molecular weight is 294 g/mol. The fraction of sp³-hybridized carbons (Fsp3) is 0.600. The Morgan fingerprint density at radius 3 is 2.59 bits per heavy atom. The molecule has 92 valence electrons. The van der Waals surface area contributed by atoms with Gasteiger partial charge in [-0.1, -0.05) is 40.9 Å².